The lowest BCUT2D eigenvalue weighted by atomic mass is 10.2. The molecule has 78 valence electrons. The first kappa shape index (κ1) is 11.0. The van der Waals surface area contributed by atoms with E-state index in [2.05, 4.69) is 15.5 Å². The Labute approximate surface area is 88.0 Å². The smallest absolute Gasteiger partial charge is 0.254 e. The van der Waals surface area contributed by atoms with Crippen molar-refractivity contribution in [2.45, 2.75) is 25.8 Å². The minimum atomic E-state index is -0.0965. The minimum absolute atomic E-state index is 0.0965. The molecule has 1 heterocycles. The van der Waals surface area contributed by atoms with Gasteiger partial charge in [0.15, 0.2) is 0 Å². The Bertz CT molecular complexity index is 274. The maximum absolute atomic E-state index is 11.5. The summed E-state index contributed by atoms with van der Waals surface area (Å²) in [5.41, 5.74) is 0.558. The number of nitrogens with zero attached hydrogens (tertiary/aromatic N) is 1. The van der Waals surface area contributed by atoms with E-state index in [0.717, 1.165) is 12.8 Å². The molecule has 0 saturated carbocycles. The first-order valence-corrected chi connectivity index (χ1v) is 5.13. The van der Waals surface area contributed by atoms with Gasteiger partial charge in [-0.2, -0.15) is 5.10 Å². The van der Waals surface area contributed by atoms with Crippen LogP contribution in [0.4, 0.5) is 0 Å². The van der Waals surface area contributed by atoms with Crippen LogP contribution in [0.2, 0.25) is 0 Å². The number of aromatic nitrogens is 2. The van der Waals surface area contributed by atoms with Gasteiger partial charge in [0.1, 0.15) is 0 Å². The van der Waals surface area contributed by atoms with Gasteiger partial charge in [-0.25, -0.2) is 0 Å². The van der Waals surface area contributed by atoms with Crippen molar-refractivity contribution in [2.24, 2.45) is 0 Å². The molecule has 1 unspecified atom stereocenters. The van der Waals surface area contributed by atoms with Gasteiger partial charge in [-0.1, -0.05) is 0 Å². The molecular weight excluding hydrogens is 202 g/mol. The van der Waals surface area contributed by atoms with Crippen LogP contribution >= 0.6 is 11.6 Å². The number of hydrogen-bond acceptors (Lipinski definition) is 2. The summed E-state index contributed by atoms with van der Waals surface area (Å²) in [6.45, 7) is 1.96. The Balaban J connectivity index is 2.34. The fraction of sp³-hybridized carbons (Fsp3) is 0.556. The molecule has 1 atom stereocenters. The van der Waals surface area contributed by atoms with Crippen molar-refractivity contribution in [3.63, 3.8) is 0 Å². The Hall–Kier alpha value is -1.03. The summed E-state index contributed by atoms with van der Waals surface area (Å²) in [6, 6.07) is 0.149. The van der Waals surface area contributed by atoms with Crippen LogP contribution in [0, 0.1) is 0 Å². The Morgan fingerprint density at radius 1 is 1.79 bits per heavy atom. The summed E-state index contributed by atoms with van der Waals surface area (Å²) in [6.07, 6.45) is 4.88. The molecule has 5 heteroatoms. The molecule has 0 aromatic carbocycles. The lowest BCUT2D eigenvalue weighted by molar-refractivity contribution is 0.0938. The van der Waals surface area contributed by atoms with Crippen molar-refractivity contribution in [2.75, 3.05) is 5.88 Å². The Kier molecular flexibility index (Phi) is 4.46. The van der Waals surface area contributed by atoms with Gasteiger partial charge in [-0.15, -0.1) is 11.6 Å². The van der Waals surface area contributed by atoms with E-state index in [0.29, 0.717) is 11.4 Å². The van der Waals surface area contributed by atoms with Gasteiger partial charge in [0.2, 0.25) is 0 Å². The van der Waals surface area contributed by atoms with Crippen molar-refractivity contribution in [3.8, 4) is 0 Å². The number of nitrogens with one attached hydrogen (secondary N) is 2. The van der Waals surface area contributed by atoms with Gasteiger partial charge in [-0.3, -0.25) is 9.89 Å². The number of hydrogen-bond donors (Lipinski definition) is 2. The largest absolute Gasteiger partial charge is 0.349 e. The third-order valence-corrected chi connectivity index (χ3v) is 2.18. The van der Waals surface area contributed by atoms with E-state index in [9.17, 15) is 4.79 Å². The summed E-state index contributed by atoms with van der Waals surface area (Å²) in [5, 5.41) is 9.16. The number of carbonyl (C=O) groups excluding carboxylic acids is 1. The molecule has 0 aliphatic carbocycles. The third-order valence-electron chi connectivity index (χ3n) is 1.91. The van der Waals surface area contributed by atoms with Crippen molar-refractivity contribution in [1.29, 1.82) is 0 Å². The van der Waals surface area contributed by atoms with E-state index in [4.69, 9.17) is 11.6 Å². The number of rotatable bonds is 5. The van der Waals surface area contributed by atoms with Crippen LogP contribution in [0.5, 0.6) is 0 Å². The van der Waals surface area contributed by atoms with Gasteiger partial charge in [0.05, 0.1) is 11.8 Å². The van der Waals surface area contributed by atoms with Crippen molar-refractivity contribution >= 4 is 17.5 Å². The normalized spacial score (nSPS) is 12.4. The zero-order chi connectivity index (χ0) is 10.4. The zero-order valence-electron chi connectivity index (χ0n) is 8.09. The molecule has 0 spiro atoms. The quantitative estimate of drug-likeness (QED) is 0.733. The number of H-pyrrole nitrogens is 1. The van der Waals surface area contributed by atoms with E-state index in [1.165, 1.54) is 6.20 Å². The molecular formula is C9H14ClN3O. The van der Waals surface area contributed by atoms with E-state index >= 15 is 0 Å². The van der Waals surface area contributed by atoms with Gasteiger partial charge in [0, 0.05) is 18.1 Å². The third kappa shape index (κ3) is 3.38. The second-order valence-electron chi connectivity index (χ2n) is 3.19. The topological polar surface area (TPSA) is 57.8 Å². The predicted octanol–water partition coefficient (Wildman–Crippen LogP) is 1.55. The summed E-state index contributed by atoms with van der Waals surface area (Å²) >= 11 is 5.55. The molecule has 1 aromatic rings. The lowest BCUT2D eigenvalue weighted by Crippen LogP contribution is -2.32. The van der Waals surface area contributed by atoms with Crippen LogP contribution in [0.1, 0.15) is 30.1 Å². The van der Waals surface area contributed by atoms with Crippen LogP contribution in [0.15, 0.2) is 12.4 Å². The molecule has 1 amide bonds. The first-order valence-electron chi connectivity index (χ1n) is 4.59. The average Bonchev–Trinajstić information content (AvgIpc) is 2.67. The maximum atomic E-state index is 11.5. The molecule has 4 nitrogen and oxygen atoms in total. The fourth-order valence-electron chi connectivity index (χ4n) is 1.14. The molecule has 1 aromatic heterocycles. The molecule has 0 radical (unpaired) electrons. The number of amides is 1. The second kappa shape index (κ2) is 5.65. The SMILES string of the molecule is CC(CCCCl)NC(=O)c1cn[nH]c1. The molecule has 0 fully saturated rings. The molecule has 0 bridgehead atoms. The van der Waals surface area contributed by atoms with Crippen LogP contribution in [-0.4, -0.2) is 28.0 Å². The van der Waals surface area contributed by atoms with Crippen molar-refractivity contribution < 1.29 is 4.79 Å². The number of aromatic amines is 1. The number of carbonyl (C=O) groups is 1. The molecule has 14 heavy (non-hydrogen) atoms. The van der Waals surface area contributed by atoms with Gasteiger partial charge in [0.25, 0.3) is 5.91 Å². The van der Waals surface area contributed by atoms with Gasteiger partial charge in [-0.05, 0) is 19.8 Å². The monoisotopic (exact) mass is 215 g/mol. The molecule has 0 aliphatic rings. The van der Waals surface area contributed by atoms with E-state index in [1.807, 2.05) is 6.92 Å². The lowest BCUT2D eigenvalue weighted by Gasteiger charge is -2.11. The number of halogens is 1. The average molecular weight is 216 g/mol. The Morgan fingerprint density at radius 3 is 3.14 bits per heavy atom. The first-order chi connectivity index (χ1) is 6.74. The molecule has 1 rings (SSSR count). The summed E-state index contributed by atoms with van der Waals surface area (Å²) in [7, 11) is 0. The maximum Gasteiger partial charge on any atom is 0.254 e. The highest BCUT2D eigenvalue weighted by Crippen LogP contribution is 2.00. The van der Waals surface area contributed by atoms with Gasteiger partial charge >= 0.3 is 0 Å². The standard InChI is InChI=1S/C9H14ClN3O/c1-7(3-2-4-10)13-9(14)8-5-11-12-6-8/h5-7H,2-4H2,1H3,(H,11,12)(H,13,14). The Morgan fingerprint density at radius 2 is 2.57 bits per heavy atom. The highest BCUT2D eigenvalue weighted by Gasteiger charge is 2.09. The van der Waals surface area contributed by atoms with Crippen LogP contribution in [0.3, 0.4) is 0 Å². The molecule has 0 saturated heterocycles. The summed E-state index contributed by atoms with van der Waals surface area (Å²) in [4.78, 5) is 11.5. The van der Waals surface area contributed by atoms with Crippen molar-refractivity contribution in [3.05, 3.63) is 18.0 Å². The van der Waals surface area contributed by atoms with Crippen LogP contribution in [-0.2, 0) is 0 Å². The highest BCUT2D eigenvalue weighted by molar-refractivity contribution is 6.17. The van der Waals surface area contributed by atoms with E-state index in [1.54, 1.807) is 6.20 Å². The number of alkyl halides is 1. The van der Waals surface area contributed by atoms with Gasteiger partial charge < -0.3 is 5.32 Å². The second-order valence-corrected chi connectivity index (χ2v) is 3.57. The predicted molar refractivity (Wildman–Crippen MR) is 55.5 cm³/mol. The van der Waals surface area contributed by atoms with E-state index < -0.39 is 0 Å². The minimum Gasteiger partial charge on any atom is -0.349 e. The van der Waals surface area contributed by atoms with Crippen LogP contribution in [0.25, 0.3) is 0 Å². The van der Waals surface area contributed by atoms with E-state index in [-0.39, 0.29) is 11.9 Å². The summed E-state index contributed by atoms with van der Waals surface area (Å²) < 4.78 is 0. The van der Waals surface area contributed by atoms with Crippen molar-refractivity contribution in [1.82, 2.24) is 15.5 Å². The summed E-state index contributed by atoms with van der Waals surface area (Å²) in [5.74, 6) is 0.534. The molecule has 0 aliphatic heterocycles. The molecule has 2 N–H and O–H groups in total. The van der Waals surface area contributed by atoms with Crippen LogP contribution < -0.4 is 5.32 Å². The highest BCUT2D eigenvalue weighted by atomic mass is 35.5. The zero-order valence-corrected chi connectivity index (χ0v) is 8.84. The fourth-order valence-corrected chi connectivity index (χ4v) is 1.29.